The third-order valence-electron chi connectivity index (χ3n) is 2.05. The van der Waals surface area contributed by atoms with Gasteiger partial charge in [-0.2, -0.15) is 0 Å². The standard InChI is InChI=1S/C10H16O5/c1-6(2)8(12)5-10(15,9(13)14)4-7(3)11/h6,15H,4-5H2,1-3H3,(H,13,14)/t10-/m1/s1. The second-order valence-corrected chi connectivity index (χ2v) is 4.01. The van der Waals surface area contributed by atoms with Crippen molar-refractivity contribution in [1.29, 1.82) is 0 Å². The Kier molecular flexibility index (Phi) is 4.61. The molecule has 0 heterocycles. The van der Waals surface area contributed by atoms with E-state index >= 15 is 0 Å². The number of carbonyl (C=O) groups is 3. The molecular weight excluding hydrogens is 200 g/mol. The molecule has 0 aliphatic rings. The molecule has 0 aliphatic carbocycles. The van der Waals surface area contributed by atoms with Crippen molar-refractivity contribution in [3.8, 4) is 0 Å². The Bertz CT molecular complexity index is 282. The fourth-order valence-electron chi connectivity index (χ4n) is 1.12. The highest BCUT2D eigenvalue weighted by molar-refractivity contribution is 5.92. The number of carbonyl (C=O) groups excluding carboxylic acids is 2. The van der Waals surface area contributed by atoms with Crippen LogP contribution in [-0.2, 0) is 14.4 Å². The number of carboxylic acids is 1. The van der Waals surface area contributed by atoms with Crippen molar-refractivity contribution in [1.82, 2.24) is 0 Å². The van der Waals surface area contributed by atoms with E-state index in [4.69, 9.17) is 5.11 Å². The fourth-order valence-corrected chi connectivity index (χ4v) is 1.12. The minimum Gasteiger partial charge on any atom is -0.479 e. The molecule has 0 aliphatic heterocycles. The van der Waals surface area contributed by atoms with Gasteiger partial charge in [-0.15, -0.1) is 0 Å². The van der Waals surface area contributed by atoms with E-state index in [1.54, 1.807) is 13.8 Å². The monoisotopic (exact) mass is 216 g/mol. The molecule has 0 aromatic rings. The van der Waals surface area contributed by atoms with Crippen LogP contribution in [0.15, 0.2) is 0 Å². The Morgan fingerprint density at radius 2 is 1.67 bits per heavy atom. The summed E-state index contributed by atoms with van der Waals surface area (Å²) in [5, 5.41) is 18.4. The molecule has 1 atom stereocenters. The molecule has 5 heteroatoms. The lowest BCUT2D eigenvalue weighted by atomic mass is 9.88. The van der Waals surface area contributed by atoms with Gasteiger partial charge in [0, 0.05) is 18.8 Å². The molecule has 86 valence electrons. The molecule has 0 amide bonds. The van der Waals surface area contributed by atoms with Crippen LogP contribution < -0.4 is 0 Å². The zero-order chi connectivity index (χ0) is 12.2. The van der Waals surface area contributed by atoms with Gasteiger partial charge < -0.3 is 10.2 Å². The zero-order valence-corrected chi connectivity index (χ0v) is 9.11. The van der Waals surface area contributed by atoms with Crippen LogP contribution in [0, 0.1) is 5.92 Å². The Morgan fingerprint density at radius 3 is 1.93 bits per heavy atom. The Balaban J connectivity index is 4.73. The summed E-state index contributed by atoms with van der Waals surface area (Å²) in [6.07, 6.45) is -1.07. The van der Waals surface area contributed by atoms with Gasteiger partial charge in [-0.1, -0.05) is 13.8 Å². The van der Waals surface area contributed by atoms with Crippen LogP contribution in [0.4, 0.5) is 0 Å². The first kappa shape index (κ1) is 13.8. The van der Waals surface area contributed by atoms with E-state index in [2.05, 4.69) is 0 Å². The second-order valence-electron chi connectivity index (χ2n) is 4.01. The van der Waals surface area contributed by atoms with Gasteiger partial charge in [0.25, 0.3) is 0 Å². The molecule has 0 fully saturated rings. The molecule has 0 saturated heterocycles. The van der Waals surface area contributed by atoms with E-state index in [0.717, 1.165) is 0 Å². The number of rotatable bonds is 6. The molecule has 0 rings (SSSR count). The van der Waals surface area contributed by atoms with Crippen LogP contribution in [0.5, 0.6) is 0 Å². The highest BCUT2D eigenvalue weighted by atomic mass is 16.4. The summed E-state index contributed by atoms with van der Waals surface area (Å²) in [5.74, 6) is -2.73. The second kappa shape index (κ2) is 5.02. The fraction of sp³-hybridized carbons (Fsp3) is 0.700. The topological polar surface area (TPSA) is 91.7 Å². The van der Waals surface area contributed by atoms with Gasteiger partial charge in [0.05, 0.1) is 0 Å². The number of hydrogen-bond donors (Lipinski definition) is 2. The van der Waals surface area contributed by atoms with Crippen LogP contribution in [-0.4, -0.2) is 33.3 Å². The highest BCUT2D eigenvalue weighted by Crippen LogP contribution is 2.19. The zero-order valence-electron chi connectivity index (χ0n) is 9.11. The van der Waals surface area contributed by atoms with Gasteiger partial charge >= 0.3 is 5.97 Å². The van der Waals surface area contributed by atoms with Crippen molar-refractivity contribution in [2.24, 2.45) is 5.92 Å². The molecule has 0 radical (unpaired) electrons. The molecule has 2 N–H and O–H groups in total. The average Bonchev–Trinajstić information content (AvgIpc) is 2.01. The third-order valence-corrected chi connectivity index (χ3v) is 2.05. The van der Waals surface area contributed by atoms with Crippen LogP contribution in [0.3, 0.4) is 0 Å². The van der Waals surface area contributed by atoms with Crippen molar-refractivity contribution in [2.75, 3.05) is 0 Å². The maximum absolute atomic E-state index is 11.3. The SMILES string of the molecule is CC(=O)C[C@@](O)(CC(=O)C(C)C)C(=O)O. The van der Waals surface area contributed by atoms with Gasteiger partial charge in [0.15, 0.2) is 5.60 Å². The quantitative estimate of drug-likeness (QED) is 0.670. The lowest BCUT2D eigenvalue weighted by molar-refractivity contribution is -0.164. The van der Waals surface area contributed by atoms with Gasteiger partial charge in [-0.05, 0) is 6.92 Å². The Morgan fingerprint density at radius 1 is 1.20 bits per heavy atom. The molecule has 0 bridgehead atoms. The van der Waals surface area contributed by atoms with Gasteiger partial charge in [-0.25, -0.2) is 4.79 Å². The Hall–Kier alpha value is -1.23. The first-order valence-electron chi connectivity index (χ1n) is 4.67. The van der Waals surface area contributed by atoms with E-state index < -0.39 is 30.2 Å². The van der Waals surface area contributed by atoms with Crippen LogP contribution in [0.25, 0.3) is 0 Å². The number of carboxylic acid groups (broad SMARTS) is 1. The normalized spacial score (nSPS) is 14.7. The van der Waals surface area contributed by atoms with E-state index in [0.29, 0.717) is 0 Å². The van der Waals surface area contributed by atoms with Crippen LogP contribution >= 0.6 is 0 Å². The molecule has 0 saturated carbocycles. The lowest BCUT2D eigenvalue weighted by Gasteiger charge is -2.22. The maximum atomic E-state index is 11.3. The number of Topliss-reactive ketones (excluding diaryl/α,β-unsaturated/α-hetero) is 2. The summed E-state index contributed by atoms with van der Waals surface area (Å²) >= 11 is 0. The van der Waals surface area contributed by atoms with E-state index in [1.807, 2.05) is 0 Å². The molecule has 0 aromatic heterocycles. The number of aliphatic carboxylic acids is 1. The Labute approximate surface area is 88.1 Å². The first-order chi connectivity index (χ1) is 6.69. The lowest BCUT2D eigenvalue weighted by Crippen LogP contribution is -2.43. The summed E-state index contributed by atoms with van der Waals surface area (Å²) in [5.41, 5.74) is -2.26. The summed E-state index contributed by atoms with van der Waals surface area (Å²) in [6, 6.07) is 0. The first-order valence-corrected chi connectivity index (χ1v) is 4.67. The minimum absolute atomic E-state index is 0.358. The van der Waals surface area contributed by atoms with E-state index in [1.165, 1.54) is 6.92 Å². The molecule has 0 spiro atoms. The average molecular weight is 216 g/mol. The van der Waals surface area contributed by atoms with Crippen molar-refractivity contribution >= 4 is 17.5 Å². The molecular formula is C10H16O5. The van der Waals surface area contributed by atoms with Crippen molar-refractivity contribution in [3.63, 3.8) is 0 Å². The summed E-state index contributed by atoms with van der Waals surface area (Å²) in [4.78, 5) is 32.9. The predicted octanol–water partition coefficient (Wildman–Crippen LogP) is 0.396. The minimum atomic E-state index is -2.26. The van der Waals surface area contributed by atoms with Gasteiger partial charge in [0.1, 0.15) is 11.6 Å². The maximum Gasteiger partial charge on any atom is 0.336 e. The number of aliphatic hydroxyl groups is 1. The highest BCUT2D eigenvalue weighted by Gasteiger charge is 2.39. The van der Waals surface area contributed by atoms with Gasteiger partial charge in [-0.3, -0.25) is 9.59 Å². The van der Waals surface area contributed by atoms with Crippen molar-refractivity contribution in [3.05, 3.63) is 0 Å². The smallest absolute Gasteiger partial charge is 0.336 e. The molecule has 15 heavy (non-hydrogen) atoms. The van der Waals surface area contributed by atoms with Crippen molar-refractivity contribution in [2.45, 2.75) is 39.2 Å². The summed E-state index contributed by atoms with van der Waals surface area (Å²) < 4.78 is 0. The van der Waals surface area contributed by atoms with Gasteiger partial charge in [0.2, 0.25) is 0 Å². The third kappa shape index (κ3) is 4.20. The van der Waals surface area contributed by atoms with Crippen LogP contribution in [0.2, 0.25) is 0 Å². The molecule has 0 aromatic carbocycles. The molecule has 5 nitrogen and oxygen atoms in total. The summed E-state index contributed by atoms with van der Waals surface area (Å²) in [6.45, 7) is 4.39. The largest absolute Gasteiger partial charge is 0.479 e. The van der Waals surface area contributed by atoms with Crippen LogP contribution in [0.1, 0.15) is 33.6 Å². The number of hydrogen-bond acceptors (Lipinski definition) is 4. The number of ketones is 2. The summed E-state index contributed by atoms with van der Waals surface area (Å²) in [7, 11) is 0. The van der Waals surface area contributed by atoms with Crippen molar-refractivity contribution < 1.29 is 24.6 Å². The van der Waals surface area contributed by atoms with E-state index in [-0.39, 0.29) is 11.7 Å². The molecule has 0 unspecified atom stereocenters. The van der Waals surface area contributed by atoms with E-state index in [9.17, 15) is 19.5 Å². The predicted molar refractivity (Wildman–Crippen MR) is 52.3 cm³/mol.